The molecule has 3 saturated carbocycles. The number of esters is 1. The van der Waals surface area contributed by atoms with Gasteiger partial charge in [0.15, 0.2) is 6.61 Å². The van der Waals surface area contributed by atoms with Crippen LogP contribution in [0.2, 0.25) is 0 Å². The lowest BCUT2D eigenvalue weighted by Crippen LogP contribution is -2.62. The number of rotatable bonds is 6. The van der Waals surface area contributed by atoms with Crippen molar-refractivity contribution in [2.45, 2.75) is 83.8 Å². The fourth-order valence-corrected chi connectivity index (χ4v) is 8.32. The summed E-state index contributed by atoms with van der Waals surface area (Å²) in [6, 6.07) is 6.03. The Labute approximate surface area is 219 Å². The number of carbonyl (C=O) groups excluding carboxylic acids is 3. The predicted molar refractivity (Wildman–Crippen MR) is 135 cm³/mol. The van der Waals surface area contributed by atoms with Crippen LogP contribution >= 0.6 is 0 Å². The first-order valence-electron chi connectivity index (χ1n) is 13.0. The van der Waals surface area contributed by atoms with Crippen molar-refractivity contribution >= 4 is 28.2 Å². The van der Waals surface area contributed by atoms with Gasteiger partial charge >= 0.3 is 5.97 Å². The highest BCUT2D eigenvalue weighted by Crippen LogP contribution is 2.67. The first kappa shape index (κ1) is 27.9. The molecule has 0 aromatic heterocycles. The highest BCUT2D eigenvalue weighted by Gasteiger charge is 2.67. The highest BCUT2D eigenvalue weighted by atomic mass is 32.2. The summed E-state index contributed by atoms with van der Waals surface area (Å²) in [7, 11) is -4.20. The van der Waals surface area contributed by atoms with E-state index in [1.165, 1.54) is 12.1 Å². The molecule has 4 rings (SSSR count). The summed E-state index contributed by atoms with van der Waals surface area (Å²) in [6.07, 6.45) is 1.45. The molecule has 8 nitrogen and oxygen atoms in total. The van der Waals surface area contributed by atoms with Crippen molar-refractivity contribution in [3.63, 3.8) is 0 Å². The van der Waals surface area contributed by atoms with Crippen molar-refractivity contribution in [2.24, 2.45) is 34.0 Å². The number of ketones is 1. The standard InChI is InChI=1S/C28H38O8S/c1-17-6-8-20(9-7-17)37(33,34)35-15-23(31)36-22-14-26(4)18(2)10-12-28(13-11-21(30)24(26)28)19(3)25(32)27(22,5)16-29/h6-9,16,18-19,22,24-25,32H,10-15H2,1-5H3/t18?,19-,22-,24-,25-,26+,27-,28-/m0/s1. The van der Waals surface area contributed by atoms with Crippen molar-refractivity contribution in [3.05, 3.63) is 29.8 Å². The van der Waals surface area contributed by atoms with Gasteiger partial charge in [0.25, 0.3) is 10.1 Å². The third-order valence-corrected chi connectivity index (χ3v) is 11.3. The Bertz CT molecular complexity index is 1180. The predicted octanol–water partition coefficient (Wildman–Crippen LogP) is 3.62. The molecule has 0 spiro atoms. The first-order valence-corrected chi connectivity index (χ1v) is 14.4. The zero-order valence-electron chi connectivity index (χ0n) is 22.2. The van der Waals surface area contributed by atoms with Crippen molar-refractivity contribution < 1.29 is 36.8 Å². The average molecular weight is 535 g/mol. The smallest absolute Gasteiger partial charge is 0.333 e. The second-order valence-corrected chi connectivity index (χ2v) is 13.6. The molecule has 2 bridgehead atoms. The van der Waals surface area contributed by atoms with Crippen LogP contribution in [0.5, 0.6) is 0 Å². The monoisotopic (exact) mass is 534 g/mol. The topological polar surface area (TPSA) is 124 Å². The lowest BCUT2D eigenvalue weighted by molar-refractivity contribution is -0.202. The second kappa shape index (κ2) is 9.58. The summed E-state index contributed by atoms with van der Waals surface area (Å²) in [5.74, 6) is -1.33. The van der Waals surface area contributed by atoms with E-state index in [-0.39, 0.29) is 34.9 Å². The molecule has 1 N–H and O–H groups in total. The van der Waals surface area contributed by atoms with Crippen LogP contribution in [0.3, 0.4) is 0 Å². The summed E-state index contributed by atoms with van der Waals surface area (Å²) in [5.41, 5.74) is -1.52. The van der Waals surface area contributed by atoms with E-state index in [2.05, 4.69) is 6.92 Å². The Hall–Kier alpha value is -2.10. The van der Waals surface area contributed by atoms with Gasteiger partial charge in [-0.1, -0.05) is 38.5 Å². The third kappa shape index (κ3) is 4.46. The number of benzene rings is 1. The number of aliphatic hydroxyl groups excluding tert-OH is 1. The zero-order chi connectivity index (χ0) is 27.4. The van der Waals surface area contributed by atoms with E-state index >= 15 is 0 Å². The Balaban J connectivity index is 1.62. The van der Waals surface area contributed by atoms with E-state index in [4.69, 9.17) is 8.92 Å². The van der Waals surface area contributed by atoms with Gasteiger partial charge < -0.3 is 14.6 Å². The van der Waals surface area contributed by atoms with Gasteiger partial charge in [-0.3, -0.25) is 8.98 Å². The molecule has 0 heterocycles. The first-order chi connectivity index (χ1) is 17.2. The van der Waals surface area contributed by atoms with E-state index in [0.717, 1.165) is 18.4 Å². The van der Waals surface area contributed by atoms with Crippen LogP contribution in [-0.2, 0) is 33.4 Å². The molecule has 204 valence electrons. The van der Waals surface area contributed by atoms with Crippen LogP contribution in [0.15, 0.2) is 29.2 Å². The SMILES string of the molecule is Cc1ccc(S(=O)(=O)OCC(=O)O[C@H]2C[C@]3(C)C(C)CC[C@]4(CCC(=O)[C@H]43)[C@@H](C)[C@H](O)[C@@]2(C)C=O)cc1. The van der Waals surface area contributed by atoms with Crippen LogP contribution in [-0.4, -0.2) is 50.4 Å². The summed E-state index contributed by atoms with van der Waals surface area (Å²) in [5, 5.41) is 11.5. The second-order valence-electron chi connectivity index (χ2n) is 12.0. The van der Waals surface area contributed by atoms with Gasteiger partial charge in [-0.05, 0) is 74.3 Å². The number of aldehydes is 1. The Kier molecular flexibility index (Phi) is 7.23. The van der Waals surface area contributed by atoms with E-state index < -0.39 is 51.1 Å². The molecule has 0 amide bonds. The molecule has 0 radical (unpaired) electrons. The maximum atomic E-state index is 13.3. The number of ether oxygens (including phenoxy) is 1. The lowest BCUT2D eigenvalue weighted by atomic mass is 9.44. The molecule has 3 aliphatic carbocycles. The molecule has 0 aliphatic heterocycles. The van der Waals surface area contributed by atoms with Crippen molar-refractivity contribution in [2.75, 3.05) is 6.61 Å². The average Bonchev–Trinajstić information content (AvgIpc) is 3.21. The number of Topliss-reactive ketones (excluding diaryl/α,β-unsaturated/α-hetero) is 1. The molecule has 1 aromatic rings. The minimum atomic E-state index is -4.20. The number of aliphatic hydroxyl groups is 1. The summed E-state index contributed by atoms with van der Waals surface area (Å²) >= 11 is 0. The van der Waals surface area contributed by atoms with E-state index in [1.807, 2.05) is 20.8 Å². The molecule has 8 atom stereocenters. The zero-order valence-corrected chi connectivity index (χ0v) is 23.0. The maximum absolute atomic E-state index is 13.3. The van der Waals surface area contributed by atoms with Gasteiger partial charge in [0, 0.05) is 12.3 Å². The Morgan fingerprint density at radius 3 is 2.43 bits per heavy atom. The summed E-state index contributed by atoms with van der Waals surface area (Å²) in [6.45, 7) is 8.56. The van der Waals surface area contributed by atoms with Gasteiger partial charge in [0.1, 0.15) is 18.2 Å². The van der Waals surface area contributed by atoms with Crippen LogP contribution in [0.4, 0.5) is 0 Å². The Morgan fingerprint density at radius 1 is 1.16 bits per heavy atom. The van der Waals surface area contributed by atoms with Crippen molar-refractivity contribution in [3.8, 4) is 0 Å². The molecule has 9 heteroatoms. The fraction of sp³-hybridized carbons (Fsp3) is 0.679. The molecular formula is C28H38O8S. The largest absolute Gasteiger partial charge is 0.459 e. The number of carbonyl (C=O) groups is 3. The van der Waals surface area contributed by atoms with Crippen molar-refractivity contribution in [1.82, 2.24) is 0 Å². The molecule has 37 heavy (non-hydrogen) atoms. The van der Waals surface area contributed by atoms with Crippen LogP contribution < -0.4 is 0 Å². The number of hydrogen-bond acceptors (Lipinski definition) is 8. The molecule has 3 aliphatic rings. The number of aryl methyl sites for hydroxylation is 1. The van der Waals surface area contributed by atoms with Gasteiger partial charge in [0.05, 0.1) is 16.4 Å². The highest BCUT2D eigenvalue weighted by molar-refractivity contribution is 7.86. The molecule has 3 fully saturated rings. The molecule has 1 unspecified atom stereocenters. The minimum Gasteiger partial charge on any atom is -0.459 e. The lowest BCUT2D eigenvalue weighted by Gasteiger charge is -2.60. The maximum Gasteiger partial charge on any atom is 0.333 e. The third-order valence-electron chi connectivity index (χ3n) is 10.1. The van der Waals surface area contributed by atoms with Crippen LogP contribution in [0.25, 0.3) is 0 Å². The summed E-state index contributed by atoms with van der Waals surface area (Å²) in [4.78, 5) is 38.6. The van der Waals surface area contributed by atoms with Gasteiger partial charge in [-0.25, -0.2) is 4.79 Å². The molecule has 1 aromatic carbocycles. The van der Waals surface area contributed by atoms with Gasteiger partial charge in [-0.2, -0.15) is 8.42 Å². The molecule has 0 saturated heterocycles. The normalized spacial score (nSPS) is 39.8. The van der Waals surface area contributed by atoms with E-state index in [0.29, 0.717) is 19.1 Å². The quantitative estimate of drug-likeness (QED) is 0.333. The van der Waals surface area contributed by atoms with Gasteiger partial charge in [0.2, 0.25) is 0 Å². The van der Waals surface area contributed by atoms with Gasteiger partial charge in [-0.15, -0.1) is 0 Å². The van der Waals surface area contributed by atoms with E-state index in [1.54, 1.807) is 19.1 Å². The van der Waals surface area contributed by atoms with Crippen LogP contribution in [0.1, 0.15) is 65.4 Å². The summed E-state index contributed by atoms with van der Waals surface area (Å²) < 4.78 is 35.8. The minimum absolute atomic E-state index is 0.0848. The number of hydrogen-bond donors (Lipinski definition) is 1. The Morgan fingerprint density at radius 2 is 1.81 bits per heavy atom. The molecular weight excluding hydrogens is 496 g/mol. The fourth-order valence-electron chi connectivity index (χ4n) is 7.46. The van der Waals surface area contributed by atoms with E-state index in [9.17, 15) is 27.9 Å². The van der Waals surface area contributed by atoms with Crippen molar-refractivity contribution in [1.29, 1.82) is 0 Å². The van der Waals surface area contributed by atoms with Crippen LogP contribution in [0, 0.1) is 40.9 Å².